The third-order valence-electron chi connectivity index (χ3n) is 4.53. The molecule has 0 fully saturated rings. The van der Waals surface area contributed by atoms with Gasteiger partial charge in [0, 0.05) is 42.0 Å². The number of nitrogens with zero attached hydrogens (tertiary/aromatic N) is 1. The SMILES string of the molecule is COCC(=O)Nc1ccc(NC(=O)c2cc(C)c(OCc3cccnc3)c(C)c2)cc1. The Balaban J connectivity index is 1.64. The maximum atomic E-state index is 12.7. The molecule has 7 nitrogen and oxygen atoms in total. The molecule has 7 heteroatoms. The van der Waals surface area contributed by atoms with Gasteiger partial charge in [0.15, 0.2) is 0 Å². The van der Waals surface area contributed by atoms with Crippen molar-refractivity contribution in [2.45, 2.75) is 20.5 Å². The van der Waals surface area contributed by atoms with E-state index in [1.54, 1.807) is 48.8 Å². The van der Waals surface area contributed by atoms with Crippen LogP contribution in [-0.2, 0) is 16.1 Å². The van der Waals surface area contributed by atoms with Gasteiger partial charge in [-0.15, -0.1) is 0 Å². The van der Waals surface area contributed by atoms with Crippen LogP contribution in [0.15, 0.2) is 60.9 Å². The Labute approximate surface area is 181 Å². The van der Waals surface area contributed by atoms with E-state index in [0.29, 0.717) is 23.5 Å². The number of hydrogen-bond donors (Lipinski definition) is 2. The summed E-state index contributed by atoms with van der Waals surface area (Å²) in [4.78, 5) is 28.4. The maximum absolute atomic E-state index is 12.7. The largest absolute Gasteiger partial charge is 0.488 e. The van der Waals surface area contributed by atoms with Crippen LogP contribution < -0.4 is 15.4 Å². The zero-order chi connectivity index (χ0) is 22.2. The zero-order valence-corrected chi connectivity index (χ0v) is 17.8. The van der Waals surface area contributed by atoms with E-state index in [9.17, 15) is 9.59 Å². The highest BCUT2D eigenvalue weighted by molar-refractivity contribution is 6.04. The van der Waals surface area contributed by atoms with Crippen molar-refractivity contribution in [2.24, 2.45) is 0 Å². The van der Waals surface area contributed by atoms with Crippen molar-refractivity contribution in [1.29, 1.82) is 0 Å². The van der Waals surface area contributed by atoms with Gasteiger partial charge in [-0.25, -0.2) is 0 Å². The van der Waals surface area contributed by atoms with Crippen LogP contribution in [0.4, 0.5) is 11.4 Å². The highest BCUT2D eigenvalue weighted by atomic mass is 16.5. The molecule has 2 N–H and O–H groups in total. The molecule has 1 aromatic heterocycles. The summed E-state index contributed by atoms with van der Waals surface area (Å²) >= 11 is 0. The number of carbonyl (C=O) groups is 2. The average molecular weight is 419 g/mol. The predicted octanol–water partition coefficient (Wildman–Crippen LogP) is 4.11. The molecule has 0 bridgehead atoms. The molecule has 0 aliphatic heterocycles. The number of rotatable bonds is 8. The minimum Gasteiger partial charge on any atom is -0.488 e. The number of anilines is 2. The van der Waals surface area contributed by atoms with Gasteiger partial charge in [0.25, 0.3) is 5.91 Å². The van der Waals surface area contributed by atoms with Crippen molar-refractivity contribution in [3.63, 3.8) is 0 Å². The third-order valence-corrected chi connectivity index (χ3v) is 4.53. The van der Waals surface area contributed by atoms with E-state index in [4.69, 9.17) is 9.47 Å². The van der Waals surface area contributed by atoms with E-state index in [0.717, 1.165) is 22.4 Å². The Kier molecular flexibility index (Phi) is 7.35. The molecular formula is C24H25N3O4. The Hall–Kier alpha value is -3.71. The lowest BCUT2D eigenvalue weighted by molar-refractivity contribution is -0.119. The average Bonchev–Trinajstić information content (AvgIpc) is 2.75. The normalized spacial score (nSPS) is 10.4. The fourth-order valence-electron chi connectivity index (χ4n) is 3.12. The smallest absolute Gasteiger partial charge is 0.255 e. The summed E-state index contributed by atoms with van der Waals surface area (Å²) in [6, 6.07) is 14.3. The van der Waals surface area contributed by atoms with Crippen molar-refractivity contribution in [1.82, 2.24) is 4.98 Å². The molecule has 0 radical (unpaired) electrons. The molecular weight excluding hydrogens is 394 g/mol. The number of carbonyl (C=O) groups excluding carboxylic acids is 2. The van der Waals surface area contributed by atoms with Crippen LogP contribution in [0.5, 0.6) is 5.75 Å². The first-order valence-corrected chi connectivity index (χ1v) is 9.79. The molecule has 31 heavy (non-hydrogen) atoms. The molecule has 0 saturated carbocycles. The van der Waals surface area contributed by atoms with Crippen molar-refractivity contribution < 1.29 is 19.1 Å². The van der Waals surface area contributed by atoms with Gasteiger partial charge in [-0.2, -0.15) is 0 Å². The summed E-state index contributed by atoms with van der Waals surface area (Å²) in [6.45, 7) is 4.23. The van der Waals surface area contributed by atoms with E-state index in [2.05, 4.69) is 15.6 Å². The van der Waals surface area contributed by atoms with Crippen LogP contribution in [0.1, 0.15) is 27.0 Å². The van der Waals surface area contributed by atoms with Crippen molar-refractivity contribution in [3.05, 3.63) is 83.2 Å². The minimum absolute atomic E-state index is 0.0147. The zero-order valence-electron chi connectivity index (χ0n) is 17.8. The second kappa shape index (κ2) is 10.4. The number of benzene rings is 2. The fourth-order valence-corrected chi connectivity index (χ4v) is 3.12. The highest BCUT2D eigenvalue weighted by Gasteiger charge is 2.13. The topological polar surface area (TPSA) is 89.6 Å². The molecule has 0 unspecified atom stereocenters. The Morgan fingerprint density at radius 3 is 2.19 bits per heavy atom. The molecule has 0 saturated heterocycles. The van der Waals surface area contributed by atoms with Crippen molar-refractivity contribution in [2.75, 3.05) is 24.4 Å². The standard InChI is InChI=1S/C24H25N3O4/c1-16-11-19(12-17(2)23(16)31-14-18-5-4-10-25-13-18)24(29)27-21-8-6-20(7-9-21)26-22(28)15-30-3/h4-13H,14-15H2,1-3H3,(H,26,28)(H,27,29). The Bertz CT molecular complexity index is 1030. The lowest BCUT2D eigenvalue weighted by Crippen LogP contribution is -2.17. The molecule has 3 aromatic rings. The van der Waals surface area contributed by atoms with Gasteiger partial charge in [-0.3, -0.25) is 14.6 Å². The molecule has 0 aliphatic carbocycles. The van der Waals surface area contributed by atoms with Gasteiger partial charge in [-0.05, 0) is 67.4 Å². The summed E-state index contributed by atoms with van der Waals surface area (Å²) in [7, 11) is 1.46. The summed E-state index contributed by atoms with van der Waals surface area (Å²) in [5, 5.41) is 5.58. The number of ether oxygens (including phenoxy) is 2. The van der Waals surface area contributed by atoms with E-state index in [1.165, 1.54) is 7.11 Å². The quantitative estimate of drug-likeness (QED) is 0.573. The second-order valence-corrected chi connectivity index (χ2v) is 7.10. The van der Waals surface area contributed by atoms with Crippen molar-refractivity contribution >= 4 is 23.2 Å². The number of pyridine rings is 1. The summed E-state index contributed by atoms with van der Waals surface area (Å²) < 4.78 is 10.7. The molecule has 0 spiro atoms. The van der Waals surface area contributed by atoms with E-state index in [1.807, 2.05) is 26.0 Å². The predicted molar refractivity (Wildman–Crippen MR) is 119 cm³/mol. The van der Waals surface area contributed by atoms with Gasteiger partial charge < -0.3 is 20.1 Å². The number of nitrogens with one attached hydrogen (secondary N) is 2. The first-order valence-electron chi connectivity index (χ1n) is 9.79. The third kappa shape index (κ3) is 6.13. The first-order chi connectivity index (χ1) is 15.0. The number of aryl methyl sites for hydroxylation is 2. The number of amides is 2. The highest BCUT2D eigenvalue weighted by Crippen LogP contribution is 2.26. The summed E-state index contributed by atoms with van der Waals surface area (Å²) in [5.41, 5.74) is 4.53. The van der Waals surface area contributed by atoms with Crippen LogP contribution in [0.3, 0.4) is 0 Å². The van der Waals surface area contributed by atoms with Crippen molar-refractivity contribution in [3.8, 4) is 5.75 Å². The van der Waals surface area contributed by atoms with Crippen LogP contribution in [0, 0.1) is 13.8 Å². The molecule has 0 atom stereocenters. The molecule has 3 rings (SSSR count). The van der Waals surface area contributed by atoms with Gasteiger partial charge >= 0.3 is 0 Å². The molecule has 2 aromatic carbocycles. The summed E-state index contributed by atoms with van der Waals surface area (Å²) in [6.07, 6.45) is 3.49. The first kappa shape index (κ1) is 22.0. The Morgan fingerprint density at radius 2 is 1.61 bits per heavy atom. The number of aromatic nitrogens is 1. The lowest BCUT2D eigenvalue weighted by atomic mass is 10.0. The minimum atomic E-state index is -0.240. The Morgan fingerprint density at radius 1 is 0.968 bits per heavy atom. The van der Waals surface area contributed by atoms with Crippen LogP contribution in [-0.4, -0.2) is 30.5 Å². The van der Waals surface area contributed by atoms with Crippen LogP contribution in [0.2, 0.25) is 0 Å². The monoisotopic (exact) mass is 419 g/mol. The summed E-state index contributed by atoms with van der Waals surface area (Å²) in [5.74, 6) is 0.300. The molecule has 160 valence electrons. The molecule has 0 aliphatic rings. The number of methoxy groups -OCH3 is 1. The lowest BCUT2D eigenvalue weighted by Gasteiger charge is -2.14. The van der Waals surface area contributed by atoms with E-state index in [-0.39, 0.29) is 18.4 Å². The van der Waals surface area contributed by atoms with Gasteiger partial charge in [-0.1, -0.05) is 6.07 Å². The van der Waals surface area contributed by atoms with E-state index < -0.39 is 0 Å². The molecule has 1 heterocycles. The van der Waals surface area contributed by atoms with Gasteiger partial charge in [0.2, 0.25) is 5.91 Å². The van der Waals surface area contributed by atoms with Crippen LogP contribution in [0.25, 0.3) is 0 Å². The fraction of sp³-hybridized carbons (Fsp3) is 0.208. The maximum Gasteiger partial charge on any atom is 0.255 e. The van der Waals surface area contributed by atoms with E-state index >= 15 is 0 Å². The van der Waals surface area contributed by atoms with Gasteiger partial charge in [0.05, 0.1) is 0 Å². The van der Waals surface area contributed by atoms with Gasteiger partial charge in [0.1, 0.15) is 19.0 Å². The second-order valence-electron chi connectivity index (χ2n) is 7.10. The molecule has 2 amide bonds. The number of hydrogen-bond acceptors (Lipinski definition) is 5. The van der Waals surface area contributed by atoms with Crippen LogP contribution >= 0.6 is 0 Å².